The van der Waals surface area contributed by atoms with Crippen LogP contribution in [0.25, 0.3) is 11.4 Å². The fourth-order valence-corrected chi connectivity index (χ4v) is 2.10. The van der Waals surface area contributed by atoms with Gasteiger partial charge in [0.15, 0.2) is 11.5 Å². The molecule has 8 heteroatoms. The SMILES string of the molecule is COc1cc(-c2noc(C(C)C(C)N)n2)cc(Cl)c1OC.Cl. The van der Waals surface area contributed by atoms with Gasteiger partial charge in [0.1, 0.15) is 0 Å². The predicted octanol–water partition coefficient (Wildman–Crippen LogP) is 3.28. The maximum atomic E-state index is 6.17. The fraction of sp³-hybridized carbons (Fsp3) is 0.429. The highest BCUT2D eigenvalue weighted by Gasteiger charge is 2.20. The van der Waals surface area contributed by atoms with Crippen LogP contribution in [0.1, 0.15) is 25.7 Å². The molecule has 2 rings (SSSR count). The summed E-state index contributed by atoms with van der Waals surface area (Å²) in [4.78, 5) is 4.36. The Morgan fingerprint density at radius 1 is 1.23 bits per heavy atom. The molecule has 0 radical (unpaired) electrons. The number of halogens is 2. The number of ether oxygens (including phenoxy) is 2. The summed E-state index contributed by atoms with van der Waals surface area (Å²) in [5, 5.41) is 4.38. The Hall–Kier alpha value is -1.50. The number of rotatable bonds is 5. The van der Waals surface area contributed by atoms with E-state index < -0.39 is 0 Å². The zero-order valence-corrected chi connectivity index (χ0v) is 14.4. The Kier molecular flexibility index (Phi) is 6.47. The third kappa shape index (κ3) is 3.63. The summed E-state index contributed by atoms with van der Waals surface area (Å²) < 4.78 is 15.7. The lowest BCUT2D eigenvalue weighted by molar-refractivity contribution is 0.346. The molecule has 0 amide bonds. The van der Waals surface area contributed by atoms with E-state index >= 15 is 0 Å². The van der Waals surface area contributed by atoms with E-state index in [1.807, 2.05) is 13.8 Å². The highest BCUT2D eigenvalue weighted by molar-refractivity contribution is 6.32. The highest BCUT2D eigenvalue weighted by Crippen LogP contribution is 2.38. The van der Waals surface area contributed by atoms with Crippen LogP contribution in [0.2, 0.25) is 5.02 Å². The summed E-state index contributed by atoms with van der Waals surface area (Å²) in [5.74, 6) is 1.87. The molecule has 0 spiro atoms. The van der Waals surface area contributed by atoms with Crippen LogP contribution in [0.4, 0.5) is 0 Å². The molecule has 2 aromatic rings. The molecule has 0 saturated carbocycles. The minimum Gasteiger partial charge on any atom is -0.493 e. The first-order valence-corrected chi connectivity index (χ1v) is 6.86. The van der Waals surface area contributed by atoms with Crippen LogP contribution in [0.3, 0.4) is 0 Å². The topological polar surface area (TPSA) is 83.4 Å². The van der Waals surface area contributed by atoms with Crippen LogP contribution in [0, 0.1) is 0 Å². The summed E-state index contributed by atoms with van der Waals surface area (Å²) in [6, 6.07) is 3.37. The highest BCUT2D eigenvalue weighted by atomic mass is 35.5. The number of benzene rings is 1. The molecule has 0 fully saturated rings. The number of methoxy groups -OCH3 is 2. The quantitative estimate of drug-likeness (QED) is 0.893. The molecule has 2 N–H and O–H groups in total. The lowest BCUT2D eigenvalue weighted by atomic mass is 10.1. The Balaban J connectivity index is 0.00000242. The van der Waals surface area contributed by atoms with Crippen molar-refractivity contribution in [3.05, 3.63) is 23.0 Å². The largest absolute Gasteiger partial charge is 0.493 e. The Labute approximate surface area is 140 Å². The molecule has 22 heavy (non-hydrogen) atoms. The van der Waals surface area contributed by atoms with Crippen LogP contribution >= 0.6 is 24.0 Å². The van der Waals surface area contributed by atoms with Gasteiger partial charge in [0.05, 0.1) is 25.2 Å². The summed E-state index contributed by atoms with van der Waals surface area (Å²) in [7, 11) is 3.07. The molecular weight excluding hydrogens is 329 g/mol. The van der Waals surface area contributed by atoms with E-state index in [1.165, 1.54) is 14.2 Å². The minimum absolute atomic E-state index is 0. The van der Waals surface area contributed by atoms with Gasteiger partial charge in [-0.25, -0.2) is 0 Å². The van der Waals surface area contributed by atoms with Crippen molar-refractivity contribution in [1.29, 1.82) is 0 Å². The van der Waals surface area contributed by atoms with Gasteiger partial charge in [0.2, 0.25) is 11.7 Å². The first-order valence-electron chi connectivity index (χ1n) is 6.49. The average Bonchev–Trinajstić information content (AvgIpc) is 2.95. The van der Waals surface area contributed by atoms with E-state index in [9.17, 15) is 0 Å². The molecule has 0 saturated heterocycles. The second-order valence-electron chi connectivity index (χ2n) is 4.80. The van der Waals surface area contributed by atoms with Crippen LogP contribution in [0.15, 0.2) is 16.7 Å². The van der Waals surface area contributed by atoms with Crippen molar-refractivity contribution in [2.75, 3.05) is 14.2 Å². The molecule has 1 aromatic carbocycles. The van der Waals surface area contributed by atoms with Crippen molar-refractivity contribution < 1.29 is 14.0 Å². The van der Waals surface area contributed by atoms with Gasteiger partial charge >= 0.3 is 0 Å². The lowest BCUT2D eigenvalue weighted by Crippen LogP contribution is -2.22. The first kappa shape index (κ1) is 18.5. The number of nitrogens with zero attached hydrogens (tertiary/aromatic N) is 2. The standard InChI is InChI=1S/C14H18ClN3O3.ClH/c1-7(8(2)16)14-17-13(18-21-14)9-5-10(15)12(20-4)11(6-9)19-3;/h5-8H,16H2,1-4H3;1H. The van der Waals surface area contributed by atoms with E-state index in [2.05, 4.69) is 10.1 Å². The normalized spacial score (nSPS) is 13.2. The molecule has 122 valence electrons. The molecule has 0 bridgehead atoms. The molecule has 1 heterocycles. The molecule has 0 aliphatic heterocycles. The van der Waals surface area contributed by atoms with Crippen molar-refractivity contribution in [3.63, 3.8) is 0 Å². The van der Waals surface area contributed by atoms with Crippen molar-refractivity contribution in [3.8, 4) is 22.9 Å². The van der Waals surface area contributed by atoms with Crippen LogP contribution < -0.4 is 15.2 Å². The monoisotopic (exact) mass is 347 g/mol. The summed E-state index contributed by atoms with van der Waals surface area (Å²) in [5.41, 5.74) is 6.52. The van der Waals surface area contributed by atoms with E-state index in [4.69, 9.17) is 31.3 Å². The molecule has 2 unspecified atom stereocenters. The molecule has 1 aromatic heterocycles. The lowest BCUT2D eigenvalue weighted by Gasteiger charge is -2.10. The second-order valence-corrected chi connectivity index (χ2v) is 5.20. The fourth-order valence-electron chi connectivity index (χ4n) is 1.81. The zero-order chi connectivity index (χ0) is 15.6. The van der Waals surface area contributed by atoms with Crippen molar-refractivity contribution >= 4 is 24.0 Å². The number of nitrogens with two attached hydrogens (primary N) is 1. The molecule has 0 aliphatic carbocycles. The van der Waals surface area contributed by atoms with Gasteiger partial charge in [0, 0.05) is 11.6 Å². The third-order valence-electron chi connectivity index (χ3n) is 3.31. The molecule has 6 nitrogen and oxygen atoms in total. The van der Waals surface area contributed by atoms with Gasteiger partial charge in [-0.1, -0.05) is 23.7 Å². The zero-order valence-electron chi connectivity index (χ0n) is 12.8. The minimum atomic E-state index is -0.0766. The van der Waals surface area contributed by atoms with Crippen LogP contribution in [0.5, 0.6) is 11.5 Å². The number of hydrogen-bond acceptors (Lipinski definition) is 6. The van der Waals surface area contributed by atoms with E-state index in [0.29, 0.717) is 33.8 Å². The van der Waals surface area contributed by atoms with Crippen LogP contribution in [-0.4, -0.2) is 30.4 Å². The van der Waals surface area contributed by atoms with E-state index in [0.717, 1.165) is 0 Å². The van der Waals surface area contributed by atoms with Gasteiger partial charge in [-0.05, 0) is 19.1 Å². The summed E-state index contributed by atoms with van der Waals surface area (Å²) >= 11 is 6.17. The second kappa shape index (κ2) is 7.67. The van der Waals surface area contributed by atoms with Crippen molar-refractivity contribution in [1.82, 2.24) is 10.1 Å². The smallest absolute Gasteiger partial charge is 0.231 e. The predicted molar refractivity (Wildman–Crippen MR) is 87.2 cm³/mol. The third-order valence-corrected chi connectivity index (χ3v) is 3.59. The van der Waals surface area contributed by atoms with Gasteiger partial charge in [-0.3, -0.25) is 0 Å². The van der Waals surface area contributed by atoms with E-state index in [-0.39, 0.29) is 24.4 Å². The van der Waals surface area contributed by atoms with Crippen molar-refractivity contribution in [2.24, 2.45) is 5.73 Å². The molecular formula is C14H19Cl2N3O3. The van der Waals surface area contributed by atoms with Gasteiger partial charge in [0.25, 0.3) is 0 Å². The number of hydrogen-bond donors (Lipinski definition) is 1. The first-order chi connectivity index (χ1) is 9.97. The Morgan fingerprint density at radius 3 is 2.45 bits per heavy atom. The van der Waals surface area contributed by atoms with Crippen molar-refractivity contribution in [2.45, 2.75) is 25.8 Å². The Bertz CT molecular complexity index is 632. The summed E-state index contributed by atoms with van der Waals surface area (Å²) in [6.45, 7) is 3.82. The average molecular weight is 348 g/mol. The number of aromatic nitrogens is 2. The van der Waals surface area contributed by atoms with E-state index in [1.54, 1.807) is 12.1 Å². The Morgan fingerprint density at radius 2 is 1.91 bits per heavy atom. The van der Waals surface area contributed by atoms with Gasteiger partial charge in [-0.15, -0.1) is 12.4 Å². The van der Waals surface area contributed by atoms with Gasteiger partial charge < -0.3 is 19.7 Å². The van der Waals surface area contributed by atoms with Gasteiger partial charge in [-0.2, -0.15) is 4.98 Å². The summed E-state index contributed by atoms with van der Waals surface area (Å²) in [6.07, 6.45) is 0. The van der Waals surface area contributed by atoms with Crippen LogP contribution in [-0.2, 0) is 0 Å². The molecule has 2 atom stereocenters. The maximum Gasteiger partial charge on any atom is 0.231 e. The molecule has 0 aliphatic rings. The maximum absolute atomic E-state index is 6.17.